The fourth-order valence-electron chi connectivity index (χ4n) is 1.31. The molecule has 0 saturated carbocycles. The van der Waals surface area contributed by atoms with Gasteiger partial charge in [-0.2, -0.15) is 4.37 Å². The minimum Gasteiger partial charge on any atom is -0.475 e. The molecule has 0 bridgehead atoms. The van der Waals surface area contributed by atoms with Crippen LogP contribution < -0.4 is 10.1 Å². The first-order valence-electron chi connectivity index (χ1n) is 5.37. The average Bonchev–Trinajstić information content (AvgIpc) is 2.80. The van der Waals surface area contributed by atoms with E-state index < -0.39 is 0 Å². The zero-order valence-corrected chi connectivity index (χ0v) is 10.6. The monoisotopic (exact) mass is 250 g/mol. The summed E-state index contributed by atoms with van der Waals surface area (Å²) in [6.07, 6.45) is 3.37. The normalized spacial score (nSPS) is 10.5. The second-order valence-electron chi connectivity index (χ2n) is 3.73. The Morgan fingerprint density at radius 1 is 1.41 bits per heavy atom. The maximum atomic E-state index is 5.63. The smallest absolute Gasteiger partial charge is 0.218 e. The van der Waals surface area contributed by atoms with Crippen LogP contribution in [0.15, 0.2) is 24.7 Å². The number of hydrogen-bond acceptors (Lipinski definition) is 6. The maximum absolute atomic E-state index is 5.63. The third-order valence-electron chi connectivity index (χ3n) is 1.99. The predicted octanol–water partition coefficient (Wildman–Crippen LogP) is 2.33. The molecule has 0 saturated heterocycles. The molecule has 17 heavy (non-hydrogen) atoms. The summed E-state index contributed by atoms with van der Waals surface area (Å²) in [6.45, 7) is 4.60. The van der Waals surface area contributed by atoms with Crippen molar-refractivity contribution >= 4 is 16.7 Å². The van der Waals surface area contributed by atoms with Crippen LogP contribution in [-0.4, -0.2) is 20.4 Å². The number of ether oxygens (including phenoxy) is 1. The Bertz CT molecular complexity index is 458. The largest absolute Gasteiger partial charge is 0.475 e. The van der Waals surface area contributed by atoms with Crippen molar-refractivity contribution < 1.29 is 4.74 Å². The quantitative estimate of drug-likeness (QED) is 0.882. The Morgan fingerprint density at radius 3 is 3.00 bits per heavy atom. The van der Waals surface area contributed by atoms with Gasteiger partial charge in [0, 0.05) is 29.8 Å². The van der Waals surface area contributed by atoms with Crippen LogP contribution >= 0.6 is 11.5 Å². The molecule has 6 heteroatoms. The first kappa shape index (κ1) is 11.8. The summed E-state index contributed by atoms with van der Waals surface area (Å²) >= 11 is 1.33. The molecule has 2 rings (SSSR count). The number of hydrogen-bond donors (Lipinski definition) is 1. The van der Waals surface area contributed by atoms with E-state index in [4.69, 9.17) is 4.74 Å². The molecule has 0 aliphatic rings. The molecular formula is C11H14N4OS. The number of anilines is 1. The topological polar surface area (TPSA) is 59.9 Å². The molecule has 0 atom stereocenters. The van der Waals surface area contributed by atoms with Gasteiger partial charge in [0.1, 0.15) is 6.33 Å². The minimum atomic E-state index is 0.116. The number of rotatable bonds is 5. The second-order valence-corrected chi connectivity index (χ2v) is 4.51. The number of nitrogens with one attached hydrogen (secondary N) is 1. The lowest BCUT2D eigenvalue weighted by atomic mass is 10.2. The van der Waals surface area contributed by atoms with Crippen molar-refractivity contribution in [1.29, 1.82) is 0 Å². The highest BCUT2D eigenvalue weighted by molar-refractivity contribution is 7.09. The third-order valence-corrected chi connectivity index (χ3v) is 2.61. The molecule has 0 aliphatic carbocycles. The summed E-state index contributed by atoms with van der Waals surface area (Å²) < 4.78 is 9.56. The van der Waals surface area contributed by atoms with Crippen molar-refractivity contribution in [2.45, 2.75) is 26.5 Å². The van der Waals surface area contributed by atoms with Crippen LogP contribution in [0.3, 0.4) is 0 Å². The standard InChI is InChI=1S/C11H14N4OS/c1-8(2)16-10-9(4-3-5-12-10)6-13-11-14-7-15-17-11/h3-5,7-8H,6H2,1-2H3,(H,13,14,15). The molecule has 5 nitrogen and oxygen atoms in total. The van der Waals surface area contributed by atoms with Crippen LogP contribution in [-0.2, 0) is 6.54 Å². The van der Waals surface area contributed by atoms with Gasteiger partial charge in [0.15, 0.2) is 0 Å². The van der Waals surface area contributed by atoms with E-state index in [1.807, 2.05) is 26.0 Å². The van der Waals surface area contributed by atoms with E-state index in [0.717, 1.165) is 10.7 Å². The molecule has 0 aliphatic heterocycles. The van der Waals surface area contributed by atoms with E-state index in [-0.39, 0.29) is 6.10 Å². The molecule has 0 spiro atoms. The highest BCUT2D eigenvalue weighted by Crippen LogP contribution is 2.18. The van der Waals surface area contributed by atoms with Crippen LogP contribution in [0.5, 0.6) is 5.88 Å². The van der Waals surface area contributed by atoms with Crippen LogP contribution in [0.4, 0.5) is 5.13 Å². The average molecular weight is 250 g/mol. The van der Waals surface area contributed by atoms with E-state index in [2.05, 4.69) is 19.7 Å². The molecule has 0 aromatic carbocycles. The van der Waals surface area contributed by atoms with E-state index >= 15 is 0 Å². The SMILES string of the molecule is CC(C)Oc1ncccc1CNc1ncns1. The van der Waals surface area contributed by atoms with Crippen LogP contribution in [0, 0.1) is 0 Å². The summed E-state index contributed by atoms with van der Waals surface area (Å²) in [6, 6.07) is 3.88. The third kappa shape index (κ3) is 3.39. The Kier molecular flexibility index (Phi) is 3.87. The molecule has 0 fully saturated rings. The van der Waals surface area contributed by atoms with E-state index in [1.54, 1.807) is 6.20 Å². The lowest BCUT2D eigenvalue weighted by Crippen LogP contribution is -2.10. The van der Waals surface area contributed by atoms with Crippen molar-refractivity contribution in [3.8, 4) is 5.88 Å². The van der Waals surface area contributed by atoms with Gasteiger partial charge in [-0.05, 0) is 19.9 Å². The summed E-state index contributed by atoms with van der Waals surface area (Å²) in [7, 11) is 0. The lowest BCUT2D eigenvalue weighted by molar-refractivity contribution is 0.230. The molecule has 90 valence electrons. The lowest BCUT2D eigenvalue weighted by Gasteiger charge is -2.12. The highest BCUT2D eigenvalue weighted by Gasteiger charge is 2.06. The first-order chi connectivity index (χ1) is 8.25. The molecule has 2 aromatic heterocycles. The van der Waals surface area contributed by atoms with Gasteiger partial charge in [-0.15, -0.1) is 0 Å². The zero-order chi connectivity index (χ0) is 12.1. The predicted molar refractivity (Wildman–Crippen MR) is 67.2 cm³/mol. The van der Waals surface area contributed by atoms with Crippen molar-refractivity contribution in [2.24, 2.45) is 0 Å². The van der Waals surface area contributed by atoms with Gasteiger partial charge in [0.25, 0.3) is 0 Å². The molecule has 2 heterocycles. The summed E-state index contributed by atoms with van der Waals surface area (Å²) in [4.78, 5) is 8.28. The number of aromatic nitrogens is 3. The summed E-state index contributed by atoms with van der Waals surface area (Å²) in [5.41, 5.74) is 1.01. The van der Waals surface area contributed by atoms with Gasteiger partial charge < -0.3 is 10.1 Å². The van der Waals surface area contributed by atoms with Gasteiger partial charge in [-0.25, -0.2) is 9.97 Å². The van der Waals surface area contributed by atoms with Crippen LogP contribution in [0.25, 0.3) is 0 Å². The van der Waals surface area contributed by atoms with Crippen molar-refractivity contribution in [2.75, 3.05) is 5.32 Å². The first-order valence-corrected chi connectivity index (χ1v) is 6.14. The second kappa shape index (κ2) is 5.58. The fraction of sp³-hybridized carbons (Fsp3) is 0.364. The highest BCUT2D eigenvalue weighted by atomic mass is 32.1. The van der Waals surface area contributed by atoms with Gasteiger partial charge in [-0.1, -0.05) is 6.07 Å². The van der Waals surface area contributed by atoms with Gasteiger partial charge in [0.2, 0.25) is 11.0 Å². The van der Waals surface area contributed by atoms with Gasteiger partial charge in [-0.3, -0.25) is 0 Å². The van der Waals surface area contributed by atoms with E-state index in [9.17, 15) is 0 Å². The molecule has 0 radical (unpaired) electrons. The van der Waals surface area contributed by atoms with Crippen molar-refractivity contribution in [1.82, 2.24) is 14.3 Å². The van der Waals surface area contributed by atoms with Crippen molar-refractivity contribution in [3.63, 3.8) is 0 Å². The fourth-order valence-corrected chi connectivity index (χ4v) is 1.73. The molecule has 0 amide bonds. The maximum Gasteiger partial charge on any atom is 0.218 e. The molecule has 1 N–H and O–H groups in total. The summed E-state index contributed by atoms with van der Waals surface area (Å²) in [5, 5.41) is 3.98. The molecular weight excluding hydrogens is 236 g/mol. The Morgan fingerprint density at radius 2 is 2.29 bits per heavy atom. The summed E-state index contributed by atoms with van der Waals surface area (Å²) in [5.74, 6) is 0.666. The van der Waals surface area contributed by atoms with Crippen molar-refractivity contribution in [3.05, 3.63) is 30.2 Å². The molecule has 0 unspecified atom stereocenters. The Balaban J connectivity index is 2.04. The minimum absolute atomic E-state index is 0.116. The number of pyridine rings is 1. The zero-order valence-electron chi connectivity index (χ0n) is 9.75. The number of nitrogens with zero attached hydrogens (tertiary/aromatic N) is 3. The molecule has 2 aromatic rings. The van der Waals surface area contributed by atoms with Crippen LogP contribution in [0.2, 0.25) is 0 Å². The van der Waals surface area contributed by atoms with Gasteiger partial charge in [0.05, 0.1) is 6.10 Å². The Labute approximate surface area is 104 Å². The van der Waals surface area contributed by atoms with Crippen LogP contribution in [0.1, 0.15) is 19.4 Å². The van der Waals surface area contributed by atoms with Gasteiger partial charge >= 0.3 is 0 Å². The van der Waals surface area contributed by atoms with E-state index in [0.29, 0.717) is 12.4 Å². The van der Waals surface area contributed by atoms with E-state index in [1.165, 1.54) is 17.9 Å². The Hall–Kier alpha value is -1.69.